The Morgan fingerprint density at radius 1 is 1.11 bits per heavy atom. The predicted molar refractivity (Wildman–Crippen MR) is 61.2 cm³/mol. The molecule has 8 heteroatoms. The van der Waals surface area contributed by atoms with Crippen molar-refractivity contribution in [1.29, 1.82) is 0 Å². The molecule has 0 aromatic carbocycles. The van der Waals surface area contributed by atoms with Crippen molar-refractivity contribution in [3.8, 4) is 0 Å². The Morgan fingerprint density at radius 2 is 1.72 bits per heavy atom. The third-order valence-electron chi connectivity index (χ3n) is 2.15. The van der Waals surface area contributed by atoms with E-state index in [0.29, 0.717) is 19.4 Å². The van der Waals surface area contributed by atoms with Crippen LogP contribution in [-0.4, -0.2) is 50.1 Å². The summed E-state index contributed by atoms with van der Waals surface area (Å²) in [5.41, 5.74) is 0. The fraction of sp³-hybridized carbons (Fsp3) is 0.700. The molecular formula is C10H18N2O6. The highest BCUT2D eigenvalue weighted by Gasteiger charge is 2.19. The van der Waals surface area contributed by atoms with Crippen LogP contribution in [0.25, 0.3) is 0 Å². The number of amides is 2. The van der Waals surface area contributed by atoms with Gasteiger partial charge < -0.3 is 25.2 Å². The summed E-state index contributed by atoms with van der Waals surface area (Å²) in [5, 5.41) is 13.5. The number of carbonyl (C=O) groups excluding carboxylic acids is 2. The van der Waals surface area contributed by atoms with Crippen molar-refractivity contribution in [2.45, 2.75) is 25.3 Å². The van der Waals surface area contributed by atoms with Gasteiger partial charge in [0, 0.05) is 6.54 Å². The summed E-state index contributed by atoms with van der Waals surface area (Å²) >= 11 is 0. The molecule has 0 saturated carbocycles. The van der Waals surface area contributed by atoms with Crippen LogP contribution in [0.2, 0.25) is 0 Å². The molecule has 0 spiro atoms. The molecule has 3 N–H and O–H groups in total. The molecule has 1 atom stereocenters. The minimum Gasteiger partial charge on any atom is -0.480 e. The number of ether oxygens (including phenoxy) is 2. The van der Waals surface area contributed by atoms with Crippen LogP contribution >= 0.6 is 0 Å². The third kappa shape index (κ3) is 7.31. The summed E-state index contributed by atoms with van der Waals surface area (Å²) in [6.07, 6.45) is 0.0625. The molecule has 104 valence electrons. The fourth-order valence-electron chi connectivity index (χ4n) is 1.19. The average molecular weight is 262 g/mol. The van der Waals surface area contributed by atoms with E-state index in [-0.39, 0.29) is 6.42 Å². The second-order valence-corrected chi connectivity index (χ2v) is 3.44. The zero-order valence-corrected chi connectivity index (χ0v) is 10.4. The first-order valence-corrected chi connectivity index (χ1v) is 5.40. The van der Waals surface area contributed by atoms with Gasteiger partial charge in [0.05, 0.1) is 14.2 Å². The molecule has 0 heterocycles. The maximum absolute atomic E-state index is 10.9. The Kier molecular flexibility index (Phi) is 8.08. The molecule has 0 unspecified atom stereocenters. The van der Waals surface area contributed by atoms with Crippen LogP contribution in [-0.2, 0) is 14.3 Å². The van der Waals surface area contributed by atoms with E-state index < -0.39 is 24.2 Å². The van der Waals surface area contributed by atoms with E-state index in [4.69, 9.17) is 5.11 Å². The molecule has 18 heavy (non-hydrogen) atoms. The summed E-state index contributed by atoms with van der Waals surface area (Å²) in [4.78, 5) is 32.4. The Balaban J connectivity index is 3.81. The fourth-order valence-corrected chi connectivity index (χ4v) is 1.19. The summed E-state index contributed by atoms with van der Waals surface area (Å²) in [5.74, 6) is -1.12. The molecule has 8 nitrogen and oxygen atoms in total. The number of unbranched alkanes of at least 4 members (excludes halogenated alkanes) is 1. The van der Waals surface area contributed by atoms with Crippen molar-refractivity contribution in [2.75, 3.05) is 20.8 Å². The topological polar surface area (TPSA) is 114 Å². The van der Waals surface area contributed by atoms with Gasteiger partial charge in [0.2, 0.25) is 0 Å². The smallest absolute Gasteiger partial charge is 0.407 e. The SMILES string of the molecule is COC(=O)NCCCC[C@H](NC(=O)OC)C(=O)O. The summed E-state index contributed by atoms with van der Waals surface area (Å²) < 4.78 is 8.68. The van der Waals surface area contributed by atoms with E-state index in [9.17, 15) is 14.4 Å². The molecular weight excluding hydrogens is 244 g/mol. The van der Waals surface area contributed by atoms with Gasteiger partial charge in [-0.2, -0.15) is 0 Å². The lowest BCUT2D eigenvalue weighted by atomic mass is 10.1. The van der Waals surface area contributed by atoms with Gasteiger partial charge in [0.1, 0.15) is 6.04 Å². The van der Waals surface area contributed by atoms with Gasteiger partial charge in [-0.25, -0.2) is 14.4 Å². The maximum atomic E-state index is 10.9. The molecule has 0 aromatic heterocycles. The van der Waals surface area contributed by atoms with Gasteiger partial charge >= 0.3 is 18.2 Å². The molecule has 0 rings (SSSR count). The van der Waals surface area contributed by atoms with Crippen LogP contribution in [0.4, 0.5) is 9.59 Å². The lowest BCUT2D eigenvalue weighted by Gasteiger charge is -2.13. The number of hydrogen-bond donors (Lipinski definition) is 3. The summed E-state index contributed by atoms with van der Waals surface area (Å²) in [6.45, 7) is 0.386. The molecule has 0 bridgehead atoms. The highest BCUT2D eigenvalue weighted by molar-refractivity contribution is 5.79. The number of carboxylic acid groups (broad SMARTS) is 1. The molecule has 2 amide bonds. The monoisotopic (exact) mass is 262 g/mol. The zero-order chi connectivity index (χ0) is 14.0. The normalized spacial score (nSPS) is 11.2. The third-order valence-corrected chi connectivity index (χ3v) is 2.15. The molecule has 0 aliphatic rings. The number of alkyl carbamates (subject to hydrolysis) is 2. The van der Waals surface area contributed by atoms with E-state index >= 15 is 0 Å². The lowest BCUT2D eigenvalue weighted by Crippen LogP contribution is -2.40. The van der Waals surface area contributed by atoms with E-state index in [1.165, 1.54) is 7.11 Å². The number of carboxylic acids is 1. The van der Waals surface area contributed by atoms with Crippen LogP contribution in [0.5, 0.6) is 0 Å². The number of hydrogen-bond acceptors (Lipinski definition) is 5. The van der Waals surface area contributed by atoms with Gasteiger partial charge in [-0.05, 0) is 19.3 Å². The van der Waals surface area contributed by atoms with Gasteiger partial charge in [-0.3, -0.25) is 0 Å². The molecule has 0 aliphatic carbocycles. The molecule has 0 saturated heterocycles. The zero-order valence-electron chi connectivity index (χ0n) is 10.4. The van der Waals surface area contributed by atoms with E-state index in [2.05, 4.69) is 20.1 Å². The summed E-state index contributed by atoms with van der Waals surface area (Å²) in [6, 6.07) is -0.990. The first-order valence-electron chi connectivity index (χ1n) is 5.40. The Bertz CT molecular complexity index is 294. The van der Waals surface area contributed by atoms with Crippen LogP contribution in [0.1, 0.15) is 19.3 Å². The van der Waals surface area contributed by atoms with Gasteiger partial charge in [-0.1, -0.05) is 0 Å². The minimum absolute atomic E-state index is 0.257. The second kappa shape index (κ2) is 9.08. The maximum Gasteiger partial charge on any atom is 0.407 e. The van der Waals surface area contributed by atoms with Crippen LogP contribution < -0.4 is 10.6 Å². The lowest BCUT2D eigenvalue weighted by molar-refractivity contribution is -0.139. The predicted octanol–water partition coefficient (Wildman–Crippen LogP) is 0.322. The highest BCUT2D eigenvalue weighted by Crippen LogP contribution is 2.01. The number of nitrogens with one attached hydrogen (secondary N) is 2. The quantitative estimate of drug-likeness (QED) is 0.569. The Labute approximate surface area is 105 Å². The molecule has 0 aromatic rings. The highest BCUT2D eigenvalue weighted by atomic mass is 16.5. The Hall–Kier alpha value is -1.99. The van der Waals surface area contributed by atoms with Gasteiger partial charge in [0.25, 0.3) is 0 Å². The second-order valence-electron chi connectivity index (χ2n) is 3.44. The number of methoxy groups -OCH3 is 2. The number of aliphatic carboxylic acids is 1. The van der Waals surface area contributed by atoms with Crippen LogP contribution in [0, 0.1) is 0 Å². The molecule has 0 radical (unpaired) electrons. The van der Waals surface area contributed by atoms with Crippen molar-refractivity contribution in [3.63, 3.8) is 0 Å². The van der Waals surface area contributed by atoms with Gasteiger partial charge in [0.15, 0.2) is 0 Å². The standard InChI is InChI=1S/C10H18N2O6/c1-17-9(15)11-6-4-3-5-7(8(13)14)12-10(16)18-2/h7H,3-6H2,1-2H3,(H,11,15)(H,12,16)(H,13,14)/t7-/m0/s1. The largest absolute Gasteiger partial charge is 0.480 e. The van der Waals surface area contributed by atoms with Gasteiger partial charge in [-0.15, -0.1) is 0 Å². The van der Waals surface area contributed by atoms with Crippen LogP contribution in [0.3, 0.4) is 0 Å². The number of carbonyl (C=O) groups is 3. The Morgan fingerprint density at radius 3 is 2.22 bits per heavy atom. The average Bonchev–Trinajstić information content (AvgIpc) is 2.35. The van der Waals surface area contributed by atoms with Crippen molar-refractivity contribution in [2.24, 2.45) is 0 Å². The van der Waals surface area contributed by atoms with Crippen molar-refractivity contribution in [3.05, 3.63) is 0 Å². The summed E-state index contributed by atoms with van der Waals surface area (Å²) in [7, 11) is 2.42. The first-order chi connectivity index (χ1) is 8.51. The minimum atomic E-state index is -1.12. The first kappa shape index (κ1) is 16.0. The van der Waals surface area contributed by atoms with E-state index in [1.54, 1.807) is 0 Å². The number of rotatable bonds is 7. The van der Waals surface area contributed by atoms with Crippen molar-refractivity contribution >= 4 is 18.2 Å². The van der Waals surface area contributed by atoms with Crippen LogP contribution in [0.15, 0.2) is 0 Å². The molecule has 0 fully saturated rings. The van der Waals surface area contributed by atoms with E-state index in [0.717, 1.165) is 7.11 Å². The van der Waals surface area contributed by atoms with Crippen molar-refractivity contribution < 1.29 is 29.0 Å². The van der Waals surface area contributed by atoms with E-state index in [1.807, 2.05) is 0 Å². The van der Waals surface area contributed by atoms with Crippen molar-refractivity contribution in [1.82, 2.24) is 10.6 Å². The molecule has 0 aliphatic heterocycles.